The summed E-state index contributed by atoms with van der Waals surface area (Å²) >= 11 is 0. The van der Waals surface area contributed by atoms with Gasteiger partial charge in [-0.1, -0.05) is 37.3 Å². The number of rotatable bonds is 12. The van der Waals surface area contributed by atoms with E-state index >= 15 is 0 Å². The van der Waals surface area contributed by atoms with Crippen molar-refractivity contribution in [2.45, 2.75) is 50.7 Å². The molecule has 1 N–H and O–H groups in total. The van der Waals surface area contributed by atoms with Gasteiger partial charge in [0.05, 0.1) is 17.7 Å². The number of sulfonamides is 1. The number of methoxy groups -OCH3 is 1. The number of amides is 2. The van der Waals surface area contributed by atoms with Gasteiger partial charge in [-0.15, -0.1) is 0 Å². The van der Waals surface area contributed by atoms with Crippen LogP contribution in [0.15, 0.2) is 83.8 Å². The minimum Gasteiger partial charge on any atom is -0.497 e. The highest BCUT2D eigenvalue weighted by atomic mass is 32.2. The SMILES string of the molecule is CC[C@H](C)NC(=O)[C@H](C)N(Cc1cccc(OC)c1)C(=O)CN(c1ccccc1)S(=O)(=O)c1ccc(F)cc1. The van der Waals surface area contributed by atoms with Gasteiger partial charge in [-0.3, -0.25) is 13.9 Å². The summed E-state index contributed by atoms with van der Waals surface area (Å²) in [7, 11) is -2.72. The Morgan fingerprint density at radius 1 is 0.974 bits per heavy atom. The number of halogens is 1. The molecule has 39 heavy (non-hydrogen) atoms. The number of ether oxygens (including phenoxy) is 1. The molecule has 0 aliphatic heterocycles. The van der Waals surface area contributed by atoms with E-state index in [2.05, 4.69) is 5.32 Å². The maximum atomic E-state index is 13.9. The Labute approximate surface area is 229 Å². The van der Waals surface area contributed by atoms with Crippen molar-refractivity contribution >= 4 is 27.5 Å². The lowest BCUT2D eigenvalue weighted by Gasteiger charge is -2.32. The third-order valence-corrected chi connectivity index (χ3v) is 8.17. The van der Waals surface area contributed by atoms with E-state index in [0.717, 1.165) is 28.6 Å². The van der Waals surface area contributed by atoms with Crippen LogP contribution in [0, 0.1) is 5.82 Å². The first-order valence-electron chi connectivity index (χ1n) is 12.6. The van der Waals surface area contributed by atoms with Crippen LogP contribution in [0.5, 0.6) is 5.75 Å². The quantitative estimate of drug-likeness (QED) is 0.358. The Morgan fingerprint density at radius 2 is 1.64 bits per heavy atom. The molecular weight excluding hydrogens is 521 g/mol. The van der Waals surface area contributed by atoms with Crippen LogP contribution in [-0.2, 0) is 26.2 Å². The third-order valence-electron chi connectivity index (χ3n) is 6.38. The fourth-order valence-electron chi connectivity index (χ4n) is 3.87. The van der Waals surface area contributed by atoms with E-state index in [1.807, 2.05) is 13.8 Å². The Balaban J connectivity index is 2.00. The van der Waals surface area contributed by atoms with Gasteiger partial charge in [0.25, 0.3) is 10.0 Å². The first kappa shape index (κ1) is 29.6. The van der Waals surface area contributed by atoms with Crippen LogP contribution < -0.4 is 14.4 Å². The molecule has 3 aromatic rings. The van der Waals surface area contributed by atoms with E-state index in [-0.39, 0.29) is 29.1 Å². The van der Waals surface area contributed by atoms with Crippen LogP contribution in [0.3, 0.4) is 0 Å². The summed E-state index contributed by atoms with van der Waals surface area (Å²) in [5, 5.41) is 2.89. The van der Waals surface area contributed by atoms with Crippen molar-refractivity contribution in [3.63, 3.8) is 0 Å². The molecule has 10 heteroatoms. The number of nitrogens with one attached hydrogen (secondary N) is 1. The molecule has 0 heterocycles. The predicted octanol–water partition coefficient (Wildman–Crippen LogP) is 4.36. The molecule has 2 atom stereocenters. The predicted molar refractivity (Wildman–Crippen MR) is 148 cm³/mol. The Morgan fingerprint density at radius 3 is 2.26 bits per heavy atom. The number of anilines is 1. The Hall–Kier alpha value is -3.92. The zero-order valence-electron chi connectivity index (χ0n) is 22.5. The third kappa shape index (κ3) is 7.57. The second-order valence-corrected chi connectivity index (χ2v) is 11.0. The number of para-hydroxylation sites is 1. The summed E-state index contributed by atoms with van der Waals surface area (Å²) < 4.78 is 47.2. The highest BCUT2D eigenvalue weighted by Crippen LogP contribution is 2.25. The zero-order valence-corrected chi connectivity index (χ0v) is 23.3. The highest BCUT2D eigenvalue weighted by molar-refractivity contribution is 7.92. The molecule has 0 unspecified atom stereocenters. The van der Waals surface area contributed by atoms with Crippen LogP contribution in [0.1, 0.15) is 32.8 Å². The van der Waals surface area contributed by atoms with E-state index in [1.165, 1.54) is 12.0 Å². The topological polar surface area (TPSA) is 96.0 Å². The molecule has 208 valence electrons. The van der Waals surface area contributed by atoms with Crippen molar-refractivity contribution in [3.8, 4) is 5.75 Å². The number of carbonyl (C=O) groups excluding carboxylic acids is 2. The van der Waals surface area contributed by atoms with Crippen LogP contribution >= 0.6 is 0 Å². The summed E-state index contributed by atoms with van der Waals surface area (Å²) in [6, 6.07) is 18.7. The monoisotopic (exact) mass is 555 g/mol. The molecule has 8 nitrogen and oxygen atoms in total. The van der Waals surface area contributed by atoms with E-state index in [9.17, 15) is 22.4 Å². The molecule has 0 saturated carbocycles. The molecule has 0 aromatic heterocycles. The number of nitrogens with zero attached hydrogens (tertiary/aromatic N) is 2. The van der Waals surface area contributed by atoms with Crippen LogP contribution in [0.4, 0.5) is 10.1 Å². The minimum atomic E-state index is -4.25. The van der Waals surface area contributed by atoms with Gasteiger partial charge in [0, 0.05) is 12.6 Å². The molecule has 2 amide bonds. The molecule has 0 bridgehead atoms. The lowest BCUT2D eigenvalue weighted by molar-refractivity contribution is -0.139. The molecule has 3 rings (SSSR count). The molecular formula is C29H34FN3O5S. The van der Waals surface area contributed by atoms with Crippen LogP contribution in [0.2, 0.25) is 0 Å². The molecule has 0 aliphatic rings. The van der Waals surface area contributed by atoms with Gasteiger partial charge in [0.15, 0.2) is 0 Å². The summed E-state index contributed by atoms with van der Waals surface area (Å²) in [6.45, 7) is 4.88. The van der Waals surface area contributed by atoms with Gasteiger partial charge in [-0.2, -0.15) is 0 Å². The summed E-state index contributed by atoms with van der Waals surface area (Å²) in [5.74, 6) is -0.935. The fraction of sp³-hybridized carbons (Fsp3) is 0.310. The Kier molecular flexibility index (Phi) is 10.1. The molecule has 0 saturated heterocycles. The normalized spacial score (nSPS) is 12.7. The standard InChI is InChI=1S/C29H34FN3O5S/c1-5-21(2)31-29(35)22(3)32(19-23-10-9-13-26(18-23)38-4)28(34)20-33(25-11-7-6-8-12-25)39(36,37)27-16-14-24(30)15-17-27/h6-18,21-22H,5,19-20H2,1-4H3,(H,31,35)/t21-,22-/m0/s1. The first-order chi connectivity index (χ1) is 18.6. The largest absolute Gasteiger partial charge is 0.497 e. The summed E-state index contributed by atoms with van der Waals surface area (Å²) in [6.07, 6.45) is 0.708. The van der Waals surface area contributed by atoms with Gasteiger partial charge in [-0.25, -0.2) is 12.8 Å². The van der Waals surface area contributed by atoms with Crippen molar-refractivity contribution in [2.24, 2.45) is 0 Å². The van der Waals surface area contributed by atoms with Crippen molar-refractivity contribution in [1.82, 2.24) is 10.2 Å². The maximum Gasteiger partial charge on any atom is 0.264 e. The van der Waals surface area contributed by atoms with E-state index in [4.69, 9.17) is 4.74 Å². The number of benzene rings is 3. The van der Waals surface area contributed by atoms with Crippen LogP contribution in [-0.4, -0.2) is 50.9 Å². The maximum absolute atomic E-state index is 13.9. The van der Waals surface area contributed by atoms with Gasteiger partial charge in [-0.05, 0) is 74.4 Å². The fourth-order valence-corrected chi connectivity index (χ4v) is 5.29. The lowest BCUT2D eigenvalue weighted by atomic mass is 10.1. The molecule has 0 aliphatic carbocycles. The molecule has 0 spiro atoms. The molecule has 0 radical (unpaired) electrons. The molecule has 0 fully saturated rings. The smallest absolute Gasteiger partial charge is 0.264 e. The van der Waals surface area contributed by atoms with Crippen molar-refractivity contribution < 1.29 is 27.1 Å². The van der Waals surface area contributed by atoms with Crippen LogP contribution in [0.25, 0.3) is 0 Å². The average molecular weight is 556 g/mol. The van der Waals surface area contributed by atoms with E-state index < -0.39 is 34.3 Å². The zero-order chi connectivity index (χ0) is 28.6. The van der Waals surface area contributed by atoms with Gasteiger partial charge in [0.1, 0.15) is 24.2 Å². The lowest BCUT2D eigenvalue weighted by Crippen LogP contribution is -2.52. The number of hydrogen-bond donors (Lipinski definition) is 1. The van der Waals surface area contributed by atoms with Crippen molar-refractivity contribution in [3.05, 3.63) is 90.2 Å². The second kappa shape index (κ2) is 13.2. The van der Waals surface area contributed by atoms with Gasteiger partial charge in [0.2, 0.25) is 11.8 Å². The summed E-state index contributed by atoms with van der Waals surface area (Å²) in [4.78, 5) is 28.1. The second-order valence-electron chi connectivity index (χ2n) is 9.17. The van der Waals surface area contributed by atoms with Crippen molar-refractivity contribution in [2.75, 3.05) is 18.0 Å². The number of hydrogen-bond acceptors (Lipinski definition) is 5. The average Bonchev–Trinajstić information content (AvgIpc) is 2.94. The van der Waals surface area contributed by atoms with E-state index in [1.54, 1.807) is 61.5 Å². The van der Waals surface area contributed by atoms with Crippen molar-refractivity contribution in [1.29, 1.82) is 0 Å². The number of carbonyl (C=O) groups is 2. The van der Waals surface area contributed by atoms with Gasteiger partial charge >= 0.3 is 0 Å². The Bertz CT molecular complexity index is 1370. The summed E-state index contributed by atoms with van der Waals surface area (Å²) in [5.41, 5.74) is 0.965. The minimum absolute atomic E-state index is 0.0460. The highest BCUT2D eigenvalue weighted by Gasteiger charge is 2.32. The van der Waals surface area contributed by atoms with Gasteiger partial charge < -0.3 is 15.0 Å². The first-order valence-corrected chi connectivity index (χ1v) is 14.1. The molecule has 3 aromatic carbocycles. The van der Waals surface area contributed by atoms with E-state index in [0.29, 0.717) is 17.7 Å².